The number of hydrogen-bond donors (Lipinski definition) is 4. The van der Waals surface area contributed by atoms with E-state index in [1.165, 1.54) is 19.7 Å². The van der Waals surface area contributed by atoms with E-state index in [1.807, 2.05) is 38.8 Å². The number of amides is 4. The highest BCUT2D eigenvalue weighted by Crippen LogP contribution is 2.39. The molecule has 4 amide bonds. The second kappa shape index (κ2) is 19.8. The molecule has 0 saturated carbocycles. The summed E-state index contributed by atoms with van der Waals surface area (Å²) in [6.07, 6.45) is 7.12. The summed E-state index contributed by atoms with van der Waals surface area (Å²) >= 11 is 0. The van der Waals surface area contributed by atoms with Crippen molar-refractivity contribution in [1.82, 2.24) is 44.5 Å². The van der Waals surface area contributed by atoms with Crippen molar-refractivity contribution in [2.24, 2.45) is 11.8 Å². The molecule has 8 rings (SSSR count). The maximum atomic E-state index is 13.8. The fraction of sp³-hybridized carbons (Fsp3) is 0.407. The lowest BCUT2D eigenvalue weighted by Crippen LogP contribution is -2.51. The molecule has 3 aromatic heterocycles. The SMILES string of the molecule is COC(=O)N[C@H](C(=O)N1CCC[C@H]1c1ncc(-c2ccc(-n3ccc(-c4ccc(-c5cnc([C@@H]6CCCN6C(=O)[C@H](C(C)C)N(C)C(=O)O)[nH]5)cc4)c3-c3ccc(C(C)(C)C)cc3)cc2)[nH]1)C(C)C. The van der Waals surface area contributed by atoms with Crippen LogP contribution in [-0.4, -0.2) is 108 Å². The number of aromatic nitrogens is 5. The normalized spacial score (nSPS) is 17.1. The van der Waals surface area contributed by atoms with Crippen LogP contribution in [0.1, 0.15) is 103 Å². The van der Waals surface area contributed by atoms with Crippen LogP contribution in [-0.2, 0) is 19.7 Å². The Hall–Kier alpha value is -7.16. The number of rotatable bonds is 13. The van der Waals surface area contributed by atoms with Crippen molar-refractivity contribution in [2.75, 3.05) is 27.2 Å². The monoisotopic (exact) mass is 936 g/mol. The molecule has 3 aromatic carbocycles. The molecule has 69 heavy (non-hydrogen) atoms. The molecule has 2 aliphatic heterocycles. The zero-order valence-electron chi connectivity index (χ0n) is 41.1. The fourth-order valence-electron chi connectivity index (χ4n) is 9.93. The van der Waals surface area contributed by atoms with Crippen molar-refractivity contribution in [1.29, 1.82) is 0 Å². The van der Waals surface area contributed by atoms with Gasteiger partial charge in [0.2, 0.25) is 11.8 Å². The molecule has 6 aromatic rings. The van der Waals surface area contributed by atoms with Crippen molar-refractivity contribution >= 4 is 24.0 Å². The number of imidazole rings is 2. The van der Waals surface area contributed by atoms with Gasteiger partial charge in [0.15, 0.2) is 0 Å². The average Bonchev–Trinajstić information content (AvgIpc) is 4.20. The lowest BCUT2D eigenvalue weighted by atomic mass is 9.86. The molecule has 15 nitrogen and oxygen atoms in total. The van der Waals surface area contributed by atoms with E-state index in [-0.39, 0.29) is 41.1 Å². The molecule has 15 heteroatoms. The standard InChI is InChI=1S/C54H65N9O6/c1-32(2)45(59-52(66)69-9)50(64)62-27-10-12-43(62)48-55-31-42(58-48)36-20-24-39(25-21-36)61-29-26-40(47(61)37-18-22-38(23-19-37)54(5,6)7)34-14-16-35(17-15-34)41-30-56-49(57-41)44-13-11-28-63(44)51(65)46(33(3)4)60(8)53(67)68/h14-26,29-33,43-46H,10-13,27-28H2,1-9H3,(H,55,58)(H,56,57)(H,59,66)(H,67,68)/t43-,44-,45-,46-/m0/s1. The van der Waals surface area contributed by atoms with E-state index < -0.39 is 24.3 Å². The second-order valence-electron chi connectivity index (χ2n) is 20.1. The third kappa shape index (κ3) is 9.90. The summed E-state index contributed by atoms with van der Waals surface area (Å²) in [5.41, 5.74) is 10.1. The average molecular weight is 936 g/mol. The predicted octanol–water partition coefficient (Wildman–Crippen LogP) is 10.2. The quantitative estimate of drug-likeness (QED) is 0.0883. The minimum Gasteiger partial charge on any atom is -0.465 e. The first-order chi connectivity index (χ1) is 32.9. The first kappa shape index (κ1) is 48.3. The summed E-state index contributed by atoms with van der Waals surface area (Å²) in [6, 6.07) is 25.8. The van der Waals surface area contributed by atoms with E-state index in [4.69, 9.17) is 14.7 Å². The van der Waals surface area contributed by atoms with Crippen LogP contribution in [0.5, 0.6) is 0 Å². The number of carbonyl (C=O) groups excluding carboxylic acids is 3. The number of ether oxygens (including phenoxy) is 1. The van der Waals surface area contributed by atoms with Crippen LogP contribution in [0.15, 0.2) is 97.5 Å². The molecule has 2 fully saturated rings. The Morgan fingerprint density at radius 3 is 1.72 bits per heavy atom. The predicted molar refractivity (Wildman–Crippen MR) is 266 cm³/mol. The summed E-state index contributed by atoms with van der Waals surface area (Å²) in [5, 5.41) is 12.4. The number of alkyl carbamates (subject to hydrolysis) is 1. The molecule has 0 bridgehead atoms. The molecule has 4 atom stereocenters. The van der Waals surface area contributed by atoms with E-state index in [9.17, 15) is 24.3 Å². The molecule has 2 saturated heterocycles. The molecule has 2 aliphatic rings. The van der Waals surface area contributed by atoms with Crippen LogP contribution < -0.4 is 5.32 Å². The first-order valence-electron chi connectivity index (χ1n) is 24.0. The van der Waals surface area contributed by atoms with Gasteiger partial charge < -0.3 is 39.5 Å². The van der Waals surface area contributed by atoms with Crippen LogP contribution in [0.25, 0.3) is 50.6 Å². The number of H-pyrrole nitrogens is 2. The highest BCUT2D eigenvalue weighted by Gasteiger charge is 2.40. The Balaban J connectivity index is 1.05. The van der Waals surface area contributed by atoms with Crippen LogP contribution in [0, 0.1) is 11.8 Å². The van der Waals surface area contributed by atoms with Gasteiger partial charge in [0.25, 0.3) is 0 Å². The second-order valence-corrected chi connectivity index (χ2v) is 20.1. The van der Waals surface area contributed by atoms with Gasteiger partial charge in [-0.25, -0.2) is 19.6 Å². The van der Waals surface area contributed by atoms with E-state index in [2.05, 4.69) is 126 Å². The lowest BCUT2D eigenvalue weighted by Gasteiger charge is -2.33. The van der Waals surface area contributed by atoms with Gasteiger partial charge in [-0.3, -0.25) is 14.5 Å². The molecule has 5 heterocycles. The van der Waals surface area contributed by atoms with Gasteiger partial charge in [0.05, 0.1) is 48.7 Å². The van der Waals surface area contributed by atoms with Crippen LogP contribution in [0.3, 0.4) is 0 Å². The van der Waals surface area contributed by atoms with Crippen LogP contribution in [0.4, 0.5) is 9.59 Å². The summed E-state index contributed by atoms with van der Waals surface area (Å²) in [7, 11) is 2.75. The Labute approximate surface area is 404 Å². The van der Waals surface area contributed by atoms with E-state index >= 15 is 0 Å². The van der Waals surface area contributed by atoms with E-state index in [0.717, 1.165) is 81.2 Å². The number of likely N-dealkylation sites (tertiary alicyclic amines) is 2. The van der Waals surface area contributed by atoms with Gasteiger partial charge in [0, 0.05) is 37.6 Å². The molecule has 0 aliphatic carbocycles. The summed E-state index contributed by atoms with van der Waals surface area (Å²) in [4.78, 5) is 72.7. The number of nitrogens with one attached hydrogen (secondary N) is 3. The molecule has 0 unspecified atom stereocenters. The van der Waals surface area contributed by atoms with Crippen LogP contribution >= 0.6 is 0 Å². The molecular formula is C54H65N9O6. The maximum Gasteiger partial charge on any atom is 0.407 e. The zero-order valence-corrected chi connectivity index (χ0v) is 41.1. The van der Waals surface area contributed by atoms with Crippen molar-refractivity contribution < 1.29 is 29.0 Å². The topological polar surface area (TPSA) is 182 Å². The Morgan fingerprint density at radius 1 is 0.725 bits per heavy atom. The van der Waals surface area contributed by atoms with Gasteiger partial charge in [0.1, 0.15) is 23.7 Å². The summed E-state index contributed by atoms with van der Waals surface area (Å²) in [5.74, 6) is 0.747. The number of carboxylic acid groups (broad SMARTS) is 1. The van der Waals surface area contributed by atoms with Gasteiger partial charge >= 0.3 is 12.2 Å². The zero-order chi connectivity index (χ0) is 49.3. The molecule has 0 spiro atoms. The summed E-state index contributed by atoms with van der Waals surface area (Å²) < 4.78 is 7.03. The van der Waals surface area contributed by atoms with Gasteiger partial charge in [-0.05, 0) is 89.0 Å². The Kier molecular flexibility index (Phi) is 13.9. The smallest absolute Gasteiger partial charge is 0.407 e. The number of aromatic amines is 2. The number of nitrogens with zero attached hydrogens (tertiary/aromatic N) is 6. The third-order valence-electron chi connectivity index (χ3n) is 13.8. The molecule has 4 N–H and O–H groups in total. The molecule has 0 radical (unpaired) electrons. The number of likely N-dealkylation sites (N-methyl/N-ethyl adjacent to an activating group) is 1. The highest BCUT2D eigenvalue weighted by atomic mass is 16.5. The Bertz CT molecular complexity index is 2780. The number of methoxy groups -OCH3 is 1. The summed E-state index contributed by atoms with van der Waals surface area (Å²) in [6.45, 7) is 15.3. The minimum absolute atomic E-state index is 0.00295. The van der Waals surface area contributed by atoms with Crippen molar-refractivity contribution in [2.45, 2.75) is 104 Å². The largest absolute Gasteiger partial charge is 0.465 e. The van der Waals surface area contributed by atoms with Gasteiger partial charge in [-0.15, -0.1) is 0 Å². The first-order valence-corrected chi connectivity index (χ1v) is 24.0. The number of benzene rings is 3. The van der Waals surface area contributed by atoms with E-state index in [0.29, 0.717) is 24.7 Å². The lowest BCUT2D eigenvalue weighted by molar-refractivity contribution is -0.138. The van der Waals surface area contributed by atoms with Crippen molar-refractivity contribution in [3.8, 4) is 50.6 Å². The minimum atomic E-state index is -1.13. The Morgan fingerprint density at radius 2 is 1.23 bits per heavy atom. The van der Waals surface area contributed by atoms with Crippen molar-refractivity contribution in [3.63, 3.8) is 0 Å². The number of hydrogen-bond acceptors (Lipinski definition) is 7. The highest BCUT2D eigenvalue weighted by molar-refractivity contribution is 5.88. The fourth-order valence-corrected chi connectivity index (χ4v) is 9.93. The van der Waals surface area contributed by atoms with Crippen LogP contribution in [0.2, 0.25) is 0 Å². The molecule has 362 valence electrons. The molecular weight excluding hydrogens is 871 g/mol. The third-order valence-corrected chi connectivity index (χ3v) is 13.8. The number of carbonyl (C=O) groups is 4. The maximum absolute atomic E-state index is 13.8. The van der Waals surface area contributed by atoms with Gasteiger partial charge in [-0.2, -0.15) is 0 Å². The van der Waals surface area contributed by atoms with Gasteiger partial charge in [-0.1, -0.05) is 109 Å². The van der Waals surface area contributed by atoms with Crippen molar-refractivity contribution in [3.05, 3.63) is 115 Å². The van der Waals surface area contributed by atoms with E-state index in [1.54, 1.807) is 11.1 Å².